The average molecular weight is 340 g/mol. The van der Waals surface area contributed by atoms with Crippen LogP contribution in [-0.4, -0.2) is 59.3 Å². The molecule has 132 valence electrons. The molecule has 2 aliphatic rings. The van der Waals surface area contributed by atoms with Gasteiger partial charge in [0.15, 0.2) is 5.82 Å². The first kappa shape index (κ1) is 16.2. The van der Waals surface area contributed by atoms with Gasteiger partial charge in [-0.1, -0.05) is 12.8 Å². The van der Waals surface area contributed by atoms with Gasteiger partial charge in [0.1, 0.15) is 0 Å². The highest BCUT2D eigenvalue weighted by molar-refractivity contribution is 5.58. The Labute approximate surface area is 148 Å². The molecule has 2 aromatic heterocycles. The molecule has 0 amide bonds. The van der Waals surface area contributed by atoms with Gasteiger partial charge in [0, 0.05) is 44.1 Å². The lowest BCUT2D eigenvalue weighted by Gasteiger charge is -2.28. The van der Waals surface area contributed by atoms with Gasteiger partial charge in [-0.05, 0) is 25.0 Å². The molecule has 25 heavy (non-hydrogen) atoms. The largest absolute Gasteiger partial charge is 0.378 e. The van der Waals surface area contributed by atoms with Crippen molar-refractivity contribution in [1.29, 1.82) is 0 Å². The van der Waals surface area contributed by atoms with Gasteiger partial charge in [-0.3, -0.25) is 4.98 Å². The third kappa shape index (κ3) is 3.87. The lowest BCUT2D eigenvalue weighted by atomic mass is 10.2. The summed E-state index contributed by atoms with van der Waals surface area (Å²) in [5.74, 6) is 2.27. The second-order valence-electron chi connectivity index (χ2n) is 6.50. The van der Waals surface area contributed by atoms with Crippen LogP contribution in [0.5, 0.6) is 0 Å². The first-order chi connectivity index (χ1) is 12.4. The van der Waals surface area contributed by atoms with Crippen LogP contribution < -0.4 is 9.80 Å². The van der Waals surface area contributed by atoms with Crippen LogP contribution in [0.1, 0.15) is 25.7 Å². The van der Waals surface area contributed by atoms with E-state index in [9.17, 15) is 0 Å². The maximum atomic E-state index is 5.47. The third-order valence-electron chi connectivity index (χ3n) is 4.73. The first-order valence-electron chi connectivity index (χ1n) is 9.14. The SMILES string of the molecule is c1cc(-c2nc(N3CCCCCC3)nc(N3CCOCC3)n2)ccn1. The monoisotopic (exact) mass is 340 g/mol. The Balaban J connectivity index is 1.71. The maximum Gasteiger partial charge on any atom is 0.230 e. The van der Waals surface area contributed by atoms with Crippen LogP contribution in [-0.2, 0) is 4.74 Å². The molecule has 4 heterocycles. The molecule has 0 aromatic carbocycles. The van der Waals surface area contributed by atoms with Crippen LogP contribution in [0.3, 0.4) is 0 Å². The minimum Gasteiger partial charge on any atom is -0.378 e. The smallest absolute Gasteiger partial charge is 0.230 e. The Morgan fingerprint density at radius 3 is 1.96 bits per heavy atom. The van der Waals surface area contributed by atoms with Crippen molar-refractivity contribution in [1.82, 2.24) is 19.9 Å². The van der Waals surface area contributed by atoms with Gasteiger partial charge in [-0.25, -0.2) is 0 Å². The number of ether oxygens (including phenoxy) is 1. The number of hydrogen-bond acceptors (Lipinski definition) is 7. The van der Waals surface area contributed by atoms with Crippen LogP contribution in [0.4, 0.5) is 11.9 Å². The first-order valence-corrected chi connectivity index (χ1v) is 9.14. The molecular weight excluding hydrogens is 316 g/mol. The molecule has 0 atom stereocenters. The van der Waals surface area contributed by atoms with Crippen LogP contribution in [0.15, 0.2) is 24.5 Å². The highest BCUT2D eigenvalue weighted by Crippen LogP contribution is 2.23. The topological polar surface area (TPSA) is 67.3 Å². The molecule has 7 nitrogen and oxygen atoms in total. The van der Waals surface area contributed by atoms with Gasteiger partial charge in [-0.15, -0.1) is 0 Å². The summed E-state index contributed by atoms with van der Waals surface area (Å²) < 4.78 is 5.47. The fourth-order valence-electron chi connectivity index (χ4n) is 3.30. The fraction of sp³-hybridized carbons (Fsp3) is 0.556. The van der Waals surface area contributed by atoms with Gasteiger partial charge in [0.2, 0.25) is 11.9 Å². The van der Waals surface area contributed by atoms with Crippen molar-refractivity contribution in [3.63, 3.8) is 0 Å². The molecule has 4 rings (SSSR count). The van der Waals surface area contributed by atoms with E-state index in [2.05, 4.69) is 14.8 Å². The van der Waals surface area contributed by atoms with Crippen LogP contribution in [0.2, 0.25) is 0 Å². The van der Waals surface area contributed by atoms with Crippen LogP contribution >= 0.6 is 0 Å². The zero-order chi connectivity index (χ0) is 16.9. The van der Waals surface area contributed by atoms with Crippen LogP contribution in [0, 0.1) is 0 Å². The van der Waals surface area contributed by atoms with Crippen molar-refractivity contribution >= 4 is 11.9 Å². The summed E-state index contributed by atoms with van der Waals surface area (Å²) in [4.78, 5) is 22.9. The summed E-state index contributed by atoms with van der Waals surface area (Å²) in [7, 11) is 0. The van der Waals surface area contributed by atoms with E-state index in [1.54, 1.807) is 12.4 Å². The molecule has 7 heteroatoms. The van der Waals surface area contributed by atoms with E-state index in [0.29, 0.717) is 0 Å². The van der Waals surface area contributed by atoms with E-state index < -0.39 is 0 Å². The van der Waals surface area contributed by atoms with E-state index in [1.165, 1.54) is 25.7 Å². The van der Waals surface area contributed by atoms with E-state index in [0.717, 1.165) is 62.7 Å². The van der Waals surface area contributed by atoms with Crippen molar-refractivity contribution in [3.05, 3.63) is 24.5 Å². The average Bonchev–Trinajstić information content (AvgIpc) is 2.99. The Kier molecular flexibility index (Phi) is 5.01. The van der Waals surface area contributed by atoms with Crippen molar-refractivity contribution in [3.8, 4) is 11.4 Å². The predicted octanol–water partition coefficient (Wildman–Crippen LogP) is 2.15. The molecule has 2 fully saturated rings. The highest BCUT2D eigenvalue weighted by atomic mass is 16.5. The van der Waals surface area contributed by atoms with Crippen molar-refractivity contribution in [2.45, 2.75) is 25.7 Å². The molecule has 0 N–H and O–H groups in total. The summed E-state index contributed by atoms with van der Waals surface area (Å²) in [6.07, 6.45) is 8.52. The summed E-state index contributed by atoms with van der Waals surface area (Å²) >= 11 is 0. The molecule has 0 radical (unpaired) electrons. The van der Waals surface area contributed by atoms with E-state index in [1.807, 2.05) is 12.1 Å². The van der Waals surface area contributed by atoms with Crippen molar-refractivity contribution < 1.29 is 4.74 Å². The number of aromatic nitrogens is 4. The van der Waals surface area contributed by atoms with Crippen LogP contribution in [0.25, 0.3) is 11.4 Å². The number of nitrogens with zero attached hydrogens (tertiary/aromatic N) is 6. The fourth-order valence-corrected chi connectivity index (χ4v) is 3.30. The normalized spacial score (nSPS) is 18.9. The molecule has 2 aliphatic heterocycles. The zero-order valence-corrected chi connectivity index (χ0v) is 14.5. The molecule has 0 spiro atoms. The van der Waals surface area contributed by atoms with Gasteiger partial charge in [0.25, 0.3) is 0 Å². The Hall–Kier alpha value is -2.28. The summed E-state index contributed by atoms with van der Waals surface area (Å²) in [5, 5.41) is 0. The minimum atomic E-state index is 0.718. The standard InChI is InChI=1S/C18H24N6O/c1-2-4-10-23(9-3-1)17-20-16(15-5-7-19-8-6-15)21-18(22-17)24-11-13-25-14-12-24/h5-8H,1-4,9-14H2. The molecular formula is C18H24N6O. The number of pyridine rings is 1. The van der Waals surface area contributed by atoms with Crippen molar-refractivity contribution in [2.24, 2.45) is 0 Å². The lowest BCUT2D eigenvalue weighted by Crippen LogP contribution is -2.38. The summed E-state index contributed by atoms with van der Waals surface area (Å²) in [5.41, 5.74) is 0.975. The lowest BCUT2D eigenvalue weighted by molar-refractivity contribution is 0.122. The molecule has 2 saturated heterocycles. The number of anilines is 2. The second kappa shape index (κ2) is 7.74. The molecule has 0 unspecified atom stereocenters. The number of morpholine rings is 1. The molecule has 0 bridgehead atoms. The third-order valence-corrected chi connectivity index (χ3v) is 4.73. The van der Waals surface area contributed by atoms with E-state index in [-0.39, 0.29) is 0 Å². The van der Waals surface area contributed by atoms with E-state index in [4.69, 9.17) is 19.7 Å². The van der Waals surface area contributed by atoms with Gasteiger partial charge < -0.3 is 14.5 Å². The Morgan fingerprint density at radius 2 is 1.32 bits per heavy atom. The summed E-state index contributed by atoms with van der Waals surface area (Å²) in [6, 6.07) is 3.90. The summed E-state index contributed by atoms with van der Waals surface area (Å²) in [6.45, 7) is 5.10. The van der Waals surface area contributed by atoms with Gasteiger partial charge in [-0.2, -0.15) is 15.0 Å². The number of hydrogen-bond donors (Lipinski definition) is 0. The zero-order valence-electron chi connectivity index (χ0n) is 14.5. The predicted molar refractivity (Wildman–Crippen MR) is 96.8 cm³/mol. The second-order valence-corrected chi connectivity index (χ2v) is 6.50. The van der Waals surface area contributed by atoms with Gasteiger partial charge in [0.05, 0.1) is 13.2 Å². The highest BCUT2D eigenvalue weighted by Gasteiger charge is 2.20. The minimum absolute atomic E-state index is 0.718. The molecule has 2 aromatic rings. The quantitative estimate of drug-likeness (QED) is 0.848. The number of rotatable bonds is 3. The Morgan fingerprint density at radius 1 is 0.720 bits per heavy atom. The maximum absolute atomic E-state index is 5.47. The van der Waals surface area contributed by atoms with E-state index >= 15 is 0 Å². The van der Waals surface area contributed by atoms with Crippen molar-refractivity contribution in [2.75, 3.05) is 49.2 Å². The molecule has 0 saturated carbocycles. The Bertz CT molecular complexity index is 681. The van der Waals surface area contributed by atoms with Gasteiger partial charge >= 0.3 is 0 Å². The molecule has 0 aliphatic carbocycles.